The van der Waals surface area contributed by atoms with Crippen LogP contribution in [0, 0.1) is 5.92 Å². The van der Waals surface area contributed by atoms with Gasteiger partial charge in [-0.3, -0.25) is 28.9 Å². The third-order valence-electron chi connectivity index (χ3n) is 9.96. The van der Waals surface area contributed by atoms with Crippen LogP contribution in [0.25, 0.3) is 0 Å². The average molecular weight is 704 g/mol. The van der Waals surface area contributed by atoms with Gasteiger partial charge in [0.1, 0.15) is 23.7 Å². The van der Waals surface area contributed by atoms with Crippen molar-refractivity contribution in [2.75, 3.05) is 39.5 Å². The summed E-state index contributed by atoms with van der Waals surface area (Å²) >= 11 is 0. The van der Waals surface area contributed by atoms with E-state index < -0.39 is 41.6 Å². The smallest absolute Gasteiger partial charge is 0.246 e. The molecule has 3 aliphatic heterocycles. The maximum atomic E-state index is 14.2. The van der Waals surface area contributed by atoms with Gasteiger partial charge in [-0.05, 0) is 56.6 Å². The Morgan fingerprint density at radius 1 is 0.902 bits per heavy atom. The number of carbonyl (C=O) groups excluding carboxylic acids is 5. The number of likely N-dealkylation sites (tertiary alicyclic amines) is 1. The van der Waals surface area contributed by atoms with E-state index in [0.29, 0.717) is 52.2 Å². The Hall–Kier alpha value is -4.13. The van der Waals surface area contributed by atoms with Crippen molar-refractivity contribution < 1.29 is 33.4 Å². The first kappa shape index (κ1) is 38.1. The van der Waals surface area contributed by atoms with Gasteiger partial charge in [0.05, 0.1) is 32.4 Å². The lowest BCUT2D eigenvalue weighted by atomic mass is 9.92. The molecule has 3 N–H and O–H groups in total. The number of hydrogen-bond donors (Lipinski definition) is 3. The van der Waals surface area contributed by atoms with Crippen LogP contribution < -0.4 is 16.0 Å². The van der Waals surface area contributed by atoms with Crippen LogP contribution in [0.3, 0.4) is 0 Å². The maximum Gasteiger partial charge on any atom is 0.246 e. The Kier molecular flexibility index (Phi) is 13.0. The van der Waals surface area contributed by atoms with Crippen molar-refractivity contribution in [1.29, 1.82) is 0 Å². The van der Waals surface area contributed by atoms with Gasteiger partial charge in [0.2, 0.25) is 23.6 Å². The average Bonchev–Trinajstić information content (AvgIpc) is 3.81. The molecule has 12 heteroatoms. The van der Waals surface area contributed by atoms with E-state index >= 15 is 0 Å². The molecule has 5 rings (SSSR count). The molecule has 0 aromatic heterocycles. The molecule has 12 nitrogen and oxygen atoms in total. The quantitative estimate of drug-likeness (QED) is 0.212. The summed E-state index contributed by atoms with van der Waals surface area (Å²) in [5.74, 6) is -1.56. The van der Waals surface area contributed by atoms with E-state index in [-0.39, 0.29) is 48.9 Å². The number of ketones is 1. The van der Waals surface area contributed by atoms with E-state index in [2.05, 4.69) is 16.0 Å². The summed E-state index contributed by atoms with van der Waals surface area (Å²) in [5, 5.41) is 8.83. The minimum atomic E-state index is -0.922. The molecule has 0 aliphatic carbocycles. The number of benzene rings is 2. The van der Waals surface area contributed by atoms with Crippen LogP contribution in [0.5, 0.6) is 0 Å². The first-order valence-electron chi connectivity index (χ1n) is 18.2. The van der Waals surface area contributed by atoms with Crippen LogP contribution in [0.2, 0.25) is 0 Å². The van der Waals surface area contributed by atoms with Crippen molar-refractivity contribution in [2.24, 2.45) is 5.92 Å². The molecule has 0 bridgehead atoms. The van der Waals surface area contributed by atoms with Crippen LogP contribution in [0.1, 0.15) is 58.1 Å². The van der Waals surface area contributed by atoms with Gasteiger partial charge in [0, 0.05) is 25.6 Å². The fraction of sp³-hybridized carbons (Fsp3) is 0.564. The highest BCUT2D eigenvalue weighted by atomic mass is 16.6. The maximum absolute atomic E-state index is 14.2. The van der Waals surface area contributed by atoms with Gasteiger partial charge >= 0.3 is 0 Å². The van der Waals surface area contributed by atoms with Gasteiger partial charge in [-0.1, -0.05) is 74.5 Å². The number of aryl methyl sites for hydroxylation is 1. The van der Waals surface area contributed by atoms with Crippen molar-refractivity contribution in [2.45, 2.75) is 95.6 Å². The molecule has 3 heterocycles. The zero-order valence-corrected chi connectivity index (χ0v) is 30.3. The van der Waals surface area contributed by atoms with Crippen molar-refractivity contribution in [1.82, 2.24) is 25.8 Å². The molecule has 3 aliphatic rings. The number of ether oxygens (including phenoxy) is 2. The van der Waals surface area contributed by atoms with Crippen molar-refractivity contribution in [3.63, 3.8) is 0 Å². The molecule has 3 fully saturated rings. The lowest BCUT2D eigenvalue weighted by molar-refractivity contribution is -0.142. The largest absolute Gasteiger partial charge is 0.379 e. The number of hydrogen-bond acceptors (Lipinski definition) is 8. The Labute approximate surface area is 301 Å². The second-order valence-corrected chi connectivity index (χ2v) is 14.7. The Balaban J connectivity index is 1.31. The van der Waals surface area contributed by atoms with E-state index in [0.717, 1.165) is 11.1 Å². The van der Waals surface area contributed by atoms with Crippen molar-refractivity contribution in [3.05, 3.63) is 71.8 Å². The molecule has 0 saturated carbocycles. The molecule has 1 unspecified atom stereocenters. The van der Waals surface area contributed by atoms with Gasteiger partial charge in [-0.25, -0.2) is 0 Å². The number of amides is 4. The van der Waals surface area contributed by atoms with Gasteiger partial charge in [0.15, 0.2) is 5.78 Å². The molecule has 4 amide bonds. The van der Waals surface area contributed by atoms with E-state index in [1.807, 2.05) is 86.3 Å². The van der Waals surface area contributed by atoms with Crippen LogP contribution in [-0.2, 0) is 46.3 Å². The standard InChI is InChI=1S/C39H53N5O7/c1-26(2)21-31(35(46)39(4)25-51-39)41-37(48)33(23-29-13-9-6-10-14-29)44-27(3)22-32(38(44)49)42-36(47)30(16-15-28-11-7-5-8-12-28)40-34(45)24-43-17-19-50-20-18-43/h5-14,26-27,30-33H,15-25H2,1-4H3,(H,40,45)(H,41,48)(H,42,47)/t27?,30-,31-,32-,33-,39+/m1/s1. The number of rotatable bonds is 17. The zero-order valence-electron chi connectivity index (χ0n) is 30.3. The highest BCUT2D eigenvalue weighted by Gasteiger charge is 2.51. The van der Waals surface area contributed by atoms with Crippen LogP contribution in [0.4, 0.5) is 0 Å². The summed E-state index contributed by atoms with van der Waals surface area (Å²) in [4.78, 5) is 72.3. The fourth-order valence-electron chi connectivity index (χ4n) is 6.98. The summed E-state index contributed by atoms with van der Waals surface area (Å²) in [5.41, 5.74) is 0.974. The van der Waals surface area contributed by atoms with Crippen LogP contribution in [0.15, 0.2) is 60.7 Å². The van der Waals surface area contributed by atoms with E-state index in [4.69, 9.17) is 9.47 Å². The molecular formula is C39H53N5O7. The first-order valence-corrected chi connectivity index (χ1v) is 18.2. The summed E-state index contributed by atoms with van der Waals surface area (Å²) in [7, 11) is 0. The Morgan fingerprint density at radius 2 is 1.53 bits per heavy atom. The topological polar surface area (TPSA) is 150 Å². The van der Waals surface area contributed by atoms with E-state index in [1.54, 1.807) is 11.8 Å². The van der Waals surface area contributed by atoms with Crippen molar-refractivity contribution >= 4 is 29.4 Å². The fourth-order valence-corrected chi connectivity index (χ4v) is 6.98. The lowest BCUT2D eigenvalue weighted by Gasteiger charge is -2.33. The predicted molar refractivity (Wildman–Crippen MR) is 191 cm³/mol. The number of epoxide rings is 1. The molecule has 0 radical (unpaired) electrons. The number of nitrogens with one attached hydrogen (secondary N) is 3. The number of morpholine rings is 1. The lowest BCUT2D eigenvalue weighted by Crippen LogP contribution is -2.57. The first-order chi connectivity index (χ1) is 24.4. The molecule has 51 heavy (non-hydrogen) atoms. The Morgan fingerprint density at radius 3 is 2.14 bits per heavy atom. The van der Waals surface area contributed by atoms with Crippen LogP contribution >= 0.6 is 0 Å². The summed E-state index contributed by atoms with van der Waals surface area (Å²) < 4.78 is 10.8. The zero-order chi connectivity index (χ0) is 36.5. The van der Waals surface area contributed by atoms with Gasteiger partial charge in [-0.2, -0.15) is 0 Å². The monoisotopic (exact) mass is 703 g/mol. The minimum absolute atomic E-state index is 0.130. The van der Waals surface area contributed by atoms with E-state index in [9.17, 15) is 24.0 Å². The number of Topliss-reactive ketones (excluding diaryl/α,β-unsaturated/α-hetero) is 1. The highest BCUT2D eigenvalue weighted by Crippen LogP contribution is 2.30. The van der Waals surface area contributed by atoms with Crippen LogP contribution in [-0.4, -0.2) is 114 Å². The molecule has 2 aromatic carbocycles. The number of nitrogens with zero attached hydrogens (tertiary/aromatic N) is 2. The molecule has 0 spiro atoms. The third-order valence-corrected chi connectivity index (χ3v) is 9.96. The molecule has 3 saturated heterocycles. The SMILES string of the molecule is CC(C)C[C@@H](NC(=O)[C@@H](Cc1ccccc1)N1C(=O)[C@H](NC(=O)[C@@H](CCc2ccccc2)NC(=O)CN2CCOCC2)CC1C)C(=O)[C@]1(C)CO1. The second-order valence-electron chi connectivity index (χ2n) is 14.7. The molecule has 6 atom stereocenters. The normalized spacial score (nSPS) is 23.7. The highest BCUT2D eigenvalue weighted by molar-refractivity contribution is 5.99. The molecule has 2 aromatic rings. The summed E-state index contributed by atoms with van der Waals surface area (Å²) in [6.07, 6.45) is 1.86. The third kappa shape index (κ3) is 10.5. The van der Waals surface area contributed by atoms with Gasteiger partial charge in [-0.15, -0.1) is 0 Å². The van der Waals surface area contributed by atoms with Gasteiger partial charge < -0.3 is 30.3 Å². The minimum Gasteiger partial charge on any atom is -0.379 e. The Bertz CT molecular complexity index is 1510. The van der Waals surface area contributed by atoms with Gasteiger partial charge in [0.25, 0.3) is 0 Å². The number of carbonyl (C=O) groups is 5. The molecule has 276 valence electrons. The molecular weight excluding hydrogens is 650 g/mol. The summed E-state index contributed by atoms with van der Waals surface area (Å²) in [6.45, 7) is 10.4. The summed E-state index contributed by atoms with van der Waals surface area (Å²) in [6, 6.07) is 15.3. The van der Waals surface area contributed by atoms with Crippen molar-refractivity contribution in [3.8, 4) is 0 Å². The predicted octanol–water partition coefficient (Wildman–Crippen LogP) is 2.04. The second kappa shape index (κ2) is 17.4. The van der Waals surface area contributed by atoms with E-state index in [1.165, 1.54) is 0 Å².